The number of benzene rings is 1. The van der Waals surface area contributed by atoms with Crippen molar-refractivity contribution in [2.24, 2.45) is 0 Å². The highest BCUT2D eigenvalue weighted by atomic mass is 16.6. The molecule has 4 nitrogen and oxygen atoms in total. The molecule has 4 rings (SSSR count). The Hall–Kier alpha value is -2.51. The van der Waals surface area contributed by atoms with Crippen LogP contribution in [0.5, 0.6) is 0 Å². The van der Waals surface area contributed by atoms with Crippen molar-refractivity contribution in [2.45, 2.75) is 44.2 Å². The van der Waals surface area contributed by atoms with Gasteiger partial charge in [-0.25, -0.2) is 4.79 Å². The number of hydrogen-bond acceptors (Lipinski definition) is 4. The van der Waals surface area contributed by atoms with E-state index in [2.05, 4.69) is 46.8 Å². The van der Waals surface area contributed by atoms with Crippen molar-refractivity contribution in [1.82, 2.24) is 4.90 Å². The first-order valence-electron chi connectivity index (χ1n) is 10.2. The maximum absolute atomic E-state index is 12.3. The van der Waals surface area contributed by atoms with Crippen LogP contribution in [0.15, 0.2) is 47.6 Å². The van der Waals surface area contributed by atoms with Crippen molar-refractivity contribution < 1.29 is 9.53 Å². The van der Waals surface area contributed by atoms with E-state index in [1.54, 1.807) is 6.08 Å². The molecule has 0 aliphatic carbocycles. The van der Waals surface area contributed by atoms with Crippen molar-refractivity contribution >= 4 is 11.7 Å². The van der Waals surface area contributed by atoms with Gasteiger partial charge in [0.25, 0.3) is 0 Å². The summed E-state index contributed by atoms with van der Waals surface area (Å²) in [5.74, 6) is 6.42. The van der Waals surface area contributed by atoms with E-state index in [1.807, 2.05) is 26.2 Å². The second-order valence-corrected chi connectivity index (χ2v) is 8.04. The Labute approximate surface area is 167 Å². The summed E-state index contributed by atoms with van der Waals surface area (Å²) in [5.41, 5.74) is 3.49. The van der Waals surface area contributed by atoms with E-state index >= 15 is 0 Å². The smallest absolute Gasteiger partial charge is 0.332 e. The molecule has 0 radical (unpaired) electrons. The fourth-order valence-corrected chi connectivity index (χ4v) is 4.71. The molecule has 1 saturated heterocycles. The average molecular weight is 377 g/mol. The van der Waals surface area contributed by atoms with Crippen molar-refractivity contribution in [3.8, 4) is 11.8 Å². The number of piperidine rings is 1. The van der Waals surface area contributed by atoms with Crippen LogP contribution in [0.3, 0.4) is 0 Å². The van der Waals surface area contributed by atoms with Crippen LogP contribution in [-0.4, -0.2) is 49.7 Å². The molecule has 0 unspecified atom stereocenters. The SMILES string of the molecule is CC[C@]12OC(=O)C=C1C(C#Cc1ccc(N(C)C)cc1)=CCN1CCCC[C@@H]12. The summed E-state index contributed by atoms with van der Waals surface area (Å²) >= 11 is 0. The van der Waals surface area contributed by atoms with Crippen molar-refractivity contribution in [1.29, 1.82) is 0 Å². The monoisotopic (exact) mass is 376 g/mol. The zero-order valence-electron chi connectivity index (χ0n) is 17.0. The Morgan fingerprint density at radius 2 is 2.00 bits per heavy atom. The Bertz CT molecular complexity index is 885. The third-order valence-corrected chi connectivity index (χ3v) is 6.22. The summed E-state index contributed by atoms with van der Waals surface area (Å²) in [4.78, 5) is 16.8. The van der Waals surface area contributed by atoms with Gasteiger partial charge in [0.15, 0.2) is 5.60 Å². The first kappa shape index (κ1) is 18.8. The Morgan fingerprint density at radius 3 is 2.71 bits per heavy atom. The molecular weight excluding hydrogens is 348 g/mol. The lowest BCUT2D eigenvalue weighted by atomic mass is 9.78. The highest BCUT2D eigenvalue weighted by Gasteiger charge is 2.52. The number of carbonyl (C=O) groups excluding carboxylic acids is 1. The van der Waals surface area contributed by atoms with Crippen LogP contribution in [0, 0.1) is 11.8 Å². The Morgan fingerprint density at radius 1 is 1.21 bits per heavy atom. The summed E-state index contributed by atoms with van der Waals surface area (Å²) < 4.78 is 5.99. The molecule has 0 aromatic heterocycles. The zero-order valence-corrected chi connectivity index (χ0v) is 17.0. The predicted octanol–water partition coefficient (Wildman–Crippen LogP) is 3.53. The molecule has 0 saturated carbocycles. The maximum Gasteiger partial charge on any atom is 0.332 e. The van der Waals surface area contributed by atoms with E-state index in [0.717, 1.165) is 48.3 Å². The van der Waals surface area contributed by atoms with E-state index < -0.39 is 5.60 Å². The summed E-state index contributed by atoms with van der Waals surface area (Å²) in [5, 5.41) is 0. The topological polar surface area (TPSA) is 32.8 Å². The number of esters is 1. The predicted molar refractivity (Wildman–Crippen MR) is 112 cm³/mol. The highest BCUT2D eigenvalue weighted by Crippen LogP contribution is 2.45. The molecule has 1 aromatic rings. The second-order valence-electron chi connectivity index (χ2n) is 8.04. The van der Waals surface area contributed by atoms with Crippen molar-refractivity contribution in [2.75, 3.05) is 32.1 Å². The lowest BCUT2D eigenvalue weighted by molar-refractivity contribution is -0.153. The summed E-state index contributed by atoms with van der Waals surface area (Å²) in [6.07, 6.45) is 8.10. The number of anilines is 1. The van der Waals surface area contributed by atoms with Crippen molar-refractivity contribution in [3.63, 3.8) is 0 Å². The zero-order chi connectivity index (χ0) is 19.7. The molecule has 3 aliphatic rings. The van der Waals surface area contributed by atoms with Gasteiger partial charge in [0, 0.05) is 49.1 Å². The molecule has 0 amide bonds. The molecule has 1 fully saturated rings. The standard InChI is InChI=1S/C24H28N2O2/c1-4-24-21(17-23(27)28-24)19(14-16-26-15-6-5-7-22(24)26)11-8-18-9-12-20(13-10-18)25(2)3/h9-10,12-14,17,22H,4-7,15-16H2,1-3H3/t22-,24+/m1/s1. The molecule has 1 aromatic carbocycles. The summed E-state index contributed by atoms with van der Waals surface area (Å²) in [6, 6.07) is 8.48. The van der Waals surface area contributed by atoms with Gasteiger partial charge in [-0.15, -0.1) is 0 Å². The third-order valence-electron chi connectivity index (χ3n) is 6.22. The van der Waals surface area contributed by atoms with Gasteiger partial charge >= 0.3 is 5.97 Å². The van der Waals surface area contributed by atoms with Crippen molar-refractivity contribution in [3.05, 3.63) is 53.1 Å². The minimum absolute atomic E-state index is 0.229. The number of carbonyl (C=O) groups is 1. The lowest BCUT2D eigenvalue weighted by Crippen LogP contribution is -2.55. The Kier molecular flexibility index (Phi) is 5.03. The molecular formula is C24H28N2O2. The van der Waals surface area contributed by atoms with Crippen LogP contribution >= 0.6 is 0 Å². The molecule has 3 aliphatic heterocycles. The molecule has 0 spiro atoms. The molecule has 146 valence electrons. The largest absolute Gasteiger partial charge is 0.449 e. The number of fused-ring (bicyclic) bond motifs is 3. The van der Waals surface area contributed by atoms with E-state index in [1.165, 1.54) is 12.8 Å². The van der Waals surface area contributed by atoms with Gasteiger partial charge in [0.05, 0.1) is 6.04 Å². The molecule has 0 bridgehead atoms. The minimum Gasteiger partial charge on any atom is -0.449 e. The van der Waals surface area contributed by atoms with E-state index in [0.29, 0.717) is 0 Å². The number of ether oxygens (including phenoxy) is 1. The second kappa shape index (κ2) is 7.48. The fourth-order valence-electron chi connectivity index (χ4n) is 4.71. The summed E-state index contributed by atoms with van der Waals surface area (Å²) in [6.45, 7) is 4.04. The van der Waals surface area contributed by atoms with E-state index in [9.17, 15) is 4.79 Å². The van der Waals surface area contributed by atoms with Gasteiger partial charge in [0.2, 0.25) is 0 Å². The number of nitrogens with zero attached hydrogens (tertiary/aromatic N) is 2. The number of rotatable bonds is 2. The first-order valence-corrected chi connectivity index (χ1v) is 10.2. The van der Waals surface area contributed by atoms with E-state index in [-0.39, 0.29) is 12.0 Å². The van der Waals surface area contributed by atoms with Gasteiger partial charge in [-0.3, -0.25) is 4.90 Å². The van der Waals surface area contributed by atoms with E-state index in [4.69, 9.17) is 4.74 Å². The molecule has 28 heavy (non-hydrogen) atoms. The molecule has 4 heteroatoms. The average Bonchev–Trinajstić information content (AvgIpc) is 3.00. The molecule has 3 heterocycles. The maximum atomic E-state index is 12.3. The first-order chi connectivity index (χ1) is 13.5. The number of hydrogen-bond donors (Lipinski definition) is 0. The van der Waals surface area contributed by atoms with Gasteiger partial charge in [0.1, 0.15) is 0 Å². The van der Waals surface area contributed by atoms with Crippen LogP contribution in [0.25, 0.3) is 0 Å². The van der Waals surface area contributed by atoms with Crippen LogP contribution in [0.1, 0.15) is 38.2 Å². The third kappa shape index (κ3) is 3.25. The van der Waals surface area contributed by atoms with Gasteiger partial charge in [-0.2, -0.15) is 0 Å². The Balaban J connectivity index is 1.70. The lowest BCUT2D eigenvalue weighted by Gasteiger charge is -2.44. The van der Waals surface area contributed by atoms with Crippen LogP contribution in [-0.2, 0) is 9.53 Å². The fraction of sp³-hybridized carbons (Fsp3) is 0.458. The summed E-state index contributed by atoms with van der Waals surface area (Å²) in [7, 11) is 4.05. The van der Waals surface area contributed by atoms with Crippen LogP contribution in [0.2, 0.25) is 0 Å². The normalized spacial score (nSPS) is 26.7. The molecule has 0 N–H and O–H groups in total. The highest BCUT2D eigenvalue weighted by molar-refractivity contribution is 5.89. The van der Waals surface area contributed by atoms with Crippen LogP contribution < -0.4 is 4.90 Å². The molecule has 2 atom stereocenters. The quantitative estimate of drug-likeness (QED) is 0.584. The van der Waals surface area contributed by atoms with Crippen LogP contribution in [0.4, 0.5) is 5.69 Å². The van der Waals surface area contributed by atoms with Gasteiger partial charge in [-0.1, -0.05) is 31.3 Å². The van der Waals surface area contributed by atoms with Gasteiger partial charge in [-0.05, 0) is 50.1 Å². The van der Waals surface area contributed by atoms with Gasteiger partial charge < -0.3 is 9.64 Å². The minimum atomic E-state index is -0.552.